The van der Waals surface area contributed by atoms with Crippen molar-refractivity contribution < 1.29 is 14.6 Å². The van der Waals surface area contributed by atoms with Crippen LogP contribution in [0.4, 0.5) is 0 Å². The number of phenolic OH excluding ortho intramolecular Hbond substituents is 1. The molecule has 0 saturated carbocycles. The van der Waals surface area contributed by atoms with Gasteiger partial charge in [-0.3, -0.25) is 9.69 Å². The Bertz CT molecular complexity index is 451. The van der Waals surface area contributed by atoms with Crippen molar-refractivity contribution in [2.24, 2.45) is 0 Å². The van der Waals surface area contributed by atoms with Crippen molar-refractivity contribution in [2.75, 3.05) is 32.8 Å². The third kappa shape index (κ3) is 4.63. The summed E-state index contributed by atoms with van der Waals surface area (Å²) in [5, 5.41) is 9.18. The fraction of sp³-hybridized carbons (Fsp3) is 0.562. The maximum absolute atomic E-state index is 12.1. The fourth-order valence-electron chi connectivity index (χ4n) is 2.44. The maximum Gasteiger partial charge on any atom is 0.226 e. The predicted octanol–water partition coefficient (Wildman–Crippen LogP) is 1.71. The number of hydrogen-bond acceptors (Lipinski definition) is 4. The lowest BCUT2D eigenvalue weighted by Gasteiger charge is -2.37. The van der Waals surface area contributed by atoms with Crippen LogP contribution in [0.5, 0.6) is 11.5 Å². The Kier molecular flexibility index (Phi) is 5.44. The van der Waals surface area contributed by atoms with Gasteiger partial charge >= 0.3 is 0 Å². The molecule has 1 aromatic rings. The Balaban J connectivity index is 1.69. The Morgan fingerprint density at radius 2 is 1.81 bits per heavy atom. The SMILES string of the molecule is CC(C)N1CCN(C(=O)CCOc2ccc(O)cc2)CC1. The summed E-state index contributed by atoms with van der Waals surface area (Å²) < 4.78 is 5.51. The molecule has 0 radical (unpaired) electrons. The minimum absolute atomic E-state index is 0.150. The van der Waals surface area contributed by atoms with Crippen molar-refractivity contribution in [2.45, 2.75) is 26.3 Å². The molecular weight excluding hydrogens is 268 g/mol. The van der Waals surface area contributed by atoms with Gasteiger partial charge in [0.2, 0.25) is 5.91 Å². The number of amides is 1. The van der Waals surface area contributed by atoms with Crippen molar-refractivity contribution in [1.82, 2.24) is 9.80 Å². The first-order valence-electron chi connectivity index (χ1n) is 7.50. The highest BCUT2D eigenvalue weighted by Gasteiger charge is 2.22. The number of rotatable bonds is 5. The van der Waals surface area contributed by atoms with Gasteiger partial charge < -0.3 is 14.7 Å². The quantitative estimate of drug-likeness (QED) is 0.898. The molecule has 1 aliphatic heterocycles. The number of hydrogen-bond donors (Lipinski definition) is 1. The first-order valence-corrected chi connectivity index (χ1v) is 7.50. The summed E-state index contributed by atoms with van der Waals surface area (Å²) in [6, 6.07) is 7.08. The van der Waals surface area contributed by atoms with Crippen molar-refractivity contribution in [1.29, 1.82) is 0 Å². The number of benzene rings is 1. The van der Waals surface area contributed by atoms with Crippen LogP contribution in [0.1, 0.15) is 20.3 Å². The second-order valence-electron chi connectivity index (χ2n) is 5.60. The number of ether oxygens (including phenoxy) is 1. The predicted molar refractivity (Wildman–Crippen MR) is 81.5 cm³/mol. The van der Waals surface area contributed by atoms with Gasteiger partial charge in [0.05, 0.1) is 13.0 Å². The lowest BCUT2D eigenvalue weighted by atomic mass is 10.2. The van der Waals surface area contributed by atoms with E-state index < -0.39 is 0 Å². The molecule has 1 saturated heterocycles. The minimum Gasteiger partial charge on any atom is -0.508 e. The molecule has 1 fully saturated rings. The normalized spacial score (nSPS) is 16.2. The summed E-state index contributed by atoms with van der Waals surface area (Å²) in [6.07, 6.45) is 0.391. The molecular formula is C16H24N2O3. The van der Waals surface area contributed by atoms with Crippen LogP contribution in [0.25, 0.3) is 0 Å². The van der Waals surface area contributed by atoms with Crippen LogP contribution in [-0.4, -0.2) is 59.6 Å². The molecule has 0 bridgehead atoms. The van der Waals surface area contributed by atoms with Gasteiger partial charge in [-0.25, -0.2) is 0 Å². The third-order valence-electron chi connectivity index (χ3n) is 3.82. The molecule has 5 nitrogen and oxygen atoms in total. The zero-order valence-corrected chi connectivity index (χ0v) is 12.8. The summed E-state index contributed by atoms with van der Waals surface area (Å²) in [5.74, 6) is 1.03. The summed E-state index contributed by atoms with van der Waals surface area (Å²) in [6.45, 7) is 8.23. The van der Waals surface area contributed by atoms with Gasteiger partial charge in [0.1, 0.15) is 11.5 Å². The summed E-state index contributed by atoms with van der Waals surface area (Å²) in [4.78, 5) is 16.4. The van der Waals surface area contributed by atoms with E-state index in [4.69, 9.17) is 4.74 Å². The largest absolute Gasteiger partial charge is 0.508 e. The van der Waals surface area contributed by atoms with Crippen LogP contribution in [-0.2, 0) is 4.79 Å². The molecule has 2 rings (SSSR count). The number of piperazine rings is 1. The molecule has 0 spiro atoms. The Hall–Kier alpha value is -1.75. The van der Waals surface area contributed by atoms with Crippen molar-refractivity contribution in [3.05, 3.63) is 24.3 Å². The molecule has 1 amide bonds. The standard InChI is InChI=1S/C16H24N2O3/c1-13(2)17-8-10-18(11-9-17)16(20)7-12-21-15-5-3-14(19)4-6-15/h3-6,13,19H,7-12H2,1-2H3. The van der Waals surface area contributed by atoms with E-state index >= 15 is 0 Å². The molecule has 0 aliphatic carbocycles. The van der Waals surface area contributed by atoms with E-state index in [0.717, 1.165) is 26.2 Å². The van der Waals surface area contributed by atoms with Crippen molar-refractivity contribution in [3.63, 3.8) is 0 Å². The first kappa shape index (κ1) is 15.6. The van der Waals surface area contributed by atoms with Crippen molar-refractivity contribution in [3.8, 4) is 11.5 Å². The van der Waals surface area contributed by atoms with Gasteiger partial charge in [-0.15, -0.1) is 0 Å². The molecule has 5 heteroatoms. The van der Waals surface area contributed by atoms with E-state index in [9.17, 15) is 9.90 Å². The van der Waals surface area contributed by atoms with Crippen LogP contribution in [0, 0.1) is 0 Å². The van der Waals surface area contributed by atoms with Crippen LogP contribution in [0.2, 0.25) is 0 Å². The highest BCUT2D eigenvalue weighted by atomic mass is 16.5. The summed E-state index contributed by atoms with van der Waals surface area (Å²) in [5.41, 5.74) is 0. The van der Waals surface area contributed by atoms with E-state index in [1.807, 2.05) is 4.90 Å². The maximum atomic E-state index is 12.1. The van der Waals surface area contributed by atoms with E-state index in [2.05, 4.69) is 18.7 Å². The molecule has 1 aromatic carbocycles. The van der Waals surface area contributed by atoms with Gasteiger partial charge in [0.25, 0.3) is 0 Å². The second kappa shape index (κ2) is 7.31. The van der Waals surface area contributed by atoms with E-state index in [1.54, 1.807) is 24.3 Å². The number of nitrogens with zero attached hydrogens (tertiary/aromatic N) is 2. The third-order valence-corrected chi connectivity index (χ3v) is 3.82. The average molecular weight is 292 g/mol. The van der Waals surface area contributed by atoms with Crippen LogP contribution < -0.4 is 4.74 Å². The van der Waals surface area contributed by atoms with E-state index in [1.165, 1.54) is 0 Å². The molecule has 0 unspecified atom stereocenters. The zero-order chi connectivity index (χ0) is 15.2. The summed E-state index contributed by atoms with van der Waals surface area (Å²) >= 11 is 0. The monoisotopic (exact) mass is 292 g/mol. The second-order valence-corrected chi connectivity index (χ2v) is 5.60. The Morgan fingerprint density at radius 3 is 2.38 bits per heavy atom. The first-order chi connectivity index (χ1) is 10.1. The van der Waals surface area contributed by atoms with E-state index in [0.29, 0.717) is 24.8 Å². The molecule has 1 heterocycles. The number of aromatic hydroxyl groups is 1. The van der Waals surface area contributed by atoms with Crippen molar-refractivity contribution >= 4 is 5.91 Å². The van der Waals surface area contributed by atoms with Crippen LogP contribution in [0.15, 0.2) is 24.3 Å². The molecule has 0 aromatic heterocycles. The topological polar surface area (TPSA) is 53.0 Å². The van der Waals surface area contributed by atoms with Crippen LogP contribution in [0.3, 0.4) is 0 Å². The molecule has 0 atom stereocenters. The van der Waals surface area contributed by atoms with Gasteiger partial charge in [0.15, 0.2) is 0 Å². The lowest BCUT2D eigenvalue weighted by molar-refractivity contribution is -0.133. The Labute approximate surface area is 126 Å². The highest BCUT2D eigenvalue weighted by molar-refractivity contribution is 5.76. The molecule has 116 valence electrons. The Morgan fingerprint density at radius 1 is 1.19 bits per heavy atom. The zero-order valence-electron chi connectivity index (χ0n) is 12.8. The number of carbonyl (C=O) groups excluding carboxylic acids is 1. The van der Waals surface area contributed by atoms with Gasteiger partial charge in [-0.2, -0.15) is 0 Å². The van der Waals surface area contributed by atoms with Gasteiger partial charge in [-0.1, -0.05) is 0 Å². The molecule has 1 N–H and O–H groups in total. The molecule has 21 heavy (non-hydrogen) atoms. The highest BCUT2D eigenvalue weighted by Crippen LogP contribution is 2.16. The minimum atomic E-state index is 0.150. The molecule has 1 aliphatic rings. The smallest absolute Gasteiger partial charge is 0.226 e. The number of carbonyl (C=O) groups is 1. The average Bonchev–Trinajstić information content (AvgIpc) is 2.49. The fourth-order valence-corrected chi connectivity index (χ4v) is 2.44. The lowest BCUT2D eigenvalue weighted by Crippen LogP contribution is -2.50. The van der Waals surface area contributed by atoms with Gasteiger partial charge in [0, 0.05) is 32.2 Å². The van der Waals surface area contributed by atoms with Crippen LogP contribution >= 0.6 is 0 Å². The van der Waals surface area contributed by atoms with E-state index in [-0.39, 0.29) is 11.7 Å². The number of phenols is 1. The van der Waals surface area contributed by atoms with Gasteiger partial charge in [-0.05, 0) is 38.1 Å². The summed E-state index contributed by atoms with van der Waals surface area (Å²) in [7, 11) is 0.